The van der Waals surface area contributed by atoms with Gasteiger partial charge in [-0.15, -0.1) is 0 Å². The Kier molecular flexibility index (Phi) is 8.93. The van der Waals surface area contributed by atoms with Crippen molar-refractivity contribution in [1.29, 1.82) is 0 Å². The molecule has 9 heteroatoms. The number of aromatic nitrogens is 3. The van der Waals surface area contributed by atoms with E-state index in [1.807, 2.05) is 6.07 Å². The Morgan fingerprint density at radius 2 is 2.07 bits per heavy atom. The summed E-state index contributed by atoms with van der Waals surface area (Å²) in [4.78, 5) is 27.0. The number of carbonyl (C=O) groups excluding carboxylic acids is 1. The van der Waals surface area contributed by atoms with Gasteiger partial charge in [0.05, 0.1) is 19.0 Å². The SMILES string of the molecule is COc1cncc(-c2cc(NC(=O)CCCN3CCCCC3)[nH]n2)c1.O=CO. The molecule has 2 aromatic heterocycles. The maximum atomic E-state index is 12.1. The smallest absolute Gasteiger partial charge is 0.290 e. The Labute approximate surface area is 164 Å². The van der Waals surface area contributed by atoms with Crippen LogP contribution in [0.25, 0.3) is 11.3 Å². The molecule has 3 N–H and O–H groups in total. The minimum Gasteiger partial charge on any atom is -0.495 e. The number of aromatic amines is 1. The fourth-order valence-corrected chi connectivity index (χ4v) is 3.06. The molecule has 1 amide bonds. The fourth-order valence-electron chi connectivity index (χ4n) is 3.06. The summed E-state index contributed by atoms with van der Waals surface area (Å²) < 4.78 is 5.17. The van der Waals surface area contributed by atoms with E-state index in [-0.39, 0.29) is 12.4 Å². The van der Waals surface area contributed by atoms with Crippen LogP contribution in [0.5, 0.6) is 5.75 Å². The summed E-state index contributed by atoms with van der Waals surface area (Å²) in [5.41, 5.74) is 1.55. The van der Waals surface area contributed by atoms with E-state index in [1.54, 1.807) is 25.6 Å². The van der Waals surface area contributed by atoms with Gasteiger partial charge in [0.25, 0.3) is 6.47 Å². The number of piperidine rings is 1. The maximum Gasteiger partial charge on any atom is 0.290 e. The van der Waals surface area contributed by atoms with E-state index in [0.29, 0.717) is 18.0 Å². The molecule has 152 valence electrons. The lowest BCUT2D eigenvalue weighted by Gasteiger charge is -2.26. The number of pyridine rings is 1. The van der Waals surface area contributed by atoms with Crippen LogP contribution in [-0.4, -0.2) is 64.3 Å². The Morgan fingerprint density at radius 1 is 1.32 bits per heavy atom. The van der Waals surface area contributed by atoms with Crippen LogP contribution in [0, 0.1) is 0 Å². The number of anilines is 1. The van der Waals surface area contributed by atoms with E-state index in [2.05, 4.69) is 25.4 Å². The largest absolute Gasteiger partial charge is 0.495 e. The van der Waals surface area contributed by atoms with Gasteiger partial charge in [-0.25, -0.2) is 0 Å². The summed E-state index contributed by atoms with van der Waals surface area (Å²) >= 11 is 0. The molecular formula is C19H27N5O4. The first kappa shape index (κ1) is 21.4. The summed E-state index contributed by atoms with van der Waals surface area (Å²) in [5, 5.41) is 16.8. The Balaban J connectivity index is 0.000000878. The average Bonchev–Trinajstić information content (AvgIpc) is 3.18. The predicted molar refractivity (Wildman–Crippen MR) is 105 cm³/mol. The molecule has 0 aliphatic carbocycles. The number of nitrogens with one attached hydrogen (secondary N) is 2. The summed E-state index contributed by atoms with van der Waals surface area (Å²) in [6, 6.07) is 3.66. The molecule has 1 saturated heterocycles. The number of likely N-dealkylation sites (tertiary alicyclic amines) is 1. The number of hydrogen-bond acceptors (Lipinski definition) is 6. The van der Waals surface area contributed by atoms with Gasteiger partial charge in [0.1, 0.15) is 11.6 Å². The van der Waals surface area contributed by atoms with Crippen molar-refractivity contribution in [2.75, 3.05) is 32.1 Å². The van der Waals surface area contributed by atoms with Crippen molar-refractivity contribution in [3.8, 4) is 17.0 Å². The molecule has 9 nitrogen and oxygen atoms in total. The average molecular weight is 389 g/mol. The Hall–Kier alpha value is -2.94. The lowest BCUT2D eigenvalue weighted by atomic mass is 10.1. The van der Waals surface area contributed by atoms with Crippen molar-refractivity contribution in [2.45, 2.75) is 32.1 Å². The molecule has 1 aliphatic rings. The fraction of sp³-hybridized carbons (Fsp3) is 0.474. The van der Waals surface area contributed by atoms with Crippen LogP contribution in [0.2, 0.25) is 0 Å². The zero-order chi connectivity index (χ0) is 20.2. The molecule has 0 saturated carbocycles. The highest BCUT2D eigenvalue weighted by molar-refractivity contribution is 5.90. The second-order valence-corrected chi connectivity index (χ2v) is 6.44. The second kappa shape index (κ2) is 11.7. The third-order valence-electron chi connectivity index (χ3n) is 4.42. The van der Waals surface area contributed by atoms with E-state index < -0.39 is 0 Å². The number of rotatable bonds is 7. The van der Waals surface area contributed by atoms with E-state index in [1.165, 1.54) is 32.4 Å². The molecule has 3 heterocycles. The van der Waals surface area contributed by atoms with Gasteiger partial charge in [0, 0.05) is 24.2 Å². The third kappa shape index (κ3) is 6.99. The first-order valence-electron chi connectivity index (χ1n) is 9.31. The van der Waals surface area contributed by atoms with Crippen LogP contribution in [0.3, 0.4) is 0 Å². The van der Waals surface area contributed by atoms with E-state index in [9.17, 15) is 4.79 Å². The zero-order valence-electron chi connectivity index (χ0n) is 16.1. The number of methoxy groups -OCH3 is 1. The van der Waals surface area contributed by atoms with Crippen LogP contribution in [0.15, 0.2) is 24.5 Å². The van der Waals surface area contributed by atoms with Crippen LogP contribution in [-0.2, 0) is 9.59 Å². The van der Waals surface area contributed by atoms with Crippen LogP contribution in [0.1, 0.15) is 32.1 Å². The van der Waals surface area contributed by atoms with Gasteiger partial charge in [-0.2, -0.15) is 5.10 Å². The number of H-pyrrole nitrogens is 1. The molecule has 0 spiro atoms. The first-order chi connectivity index (χ1) is 13.7. The van der Waals surface area contributed by atoms with E-state index in [4.69, 9.17) is 14.6 Å². The van der Waals surface area contributed by atoms with Gasteiger partial charge >= 0.3 is 0 Å². The summed E-state index contributed by atoms with van der Waals surface area (Å²) in [6.45, 7) is 3.08. The molecule has 0 unspecified atom stereocenters. The van der Waals surface area contributed by atoms with Gasteiger partial charge < -0.3 is 20.1 Å². The van der Waals surface area contributed by atoms with Crippen molar-refractivity contribution in [3.63, 3.8) is 0 Å². The lowest BCUT2D eigenvalue weighted by Crippen LogP contribution is -2.31. The molecule has 1 fully saturated rings. The van der Waals surface area contributed by atoms with Crippen molar-refractivity contribution < 1.29 is 19.4 Å². The van der Waals surface area contributed by atoms with Crippen molar-refractivity contribution in [1.82, 2.24) is 20.1 Å². The zero-order valence-corrected chi connectivity index (χ0v) is 16.1. The molecule has 2 aromatic rings. The van der Waals surface area contributed by atoms with Crippen LogP contribution >= 0.6 is 0 Å². The number of amides is 1. The van der Waals surface area contributed by atoms with Gasteiger partial charge in [-0.1, -0.05) is 6.42 Å². The number of carbonyl (C=O) groups is 2. The lowest BCUT2D eigenvalue weighted by molar-refractivity contribution is -0.123. The normalized spacial score (nSPS) is 13.9. The number of nitrogens with zero attached hydrogens (tertiary/aromatic N) is 3. The Morgan fingerprint density at radius 3 is 2.79 bits per heavy atom. The van der Waals surface area contributed by atoms with Crippen LogP contribution in [0.4, 0.5) is 5.82 Å². The molecular weight excluding hydrogens is 362 g/mol. The number of ether oxygens (including phenoxy) is 1. The standard InChI is InChI=1S/C18H25N5O2.CH2O2/c1-25-15-10-14(12-19-13-15)16-11-17(22-21-16)20-18(24)6-5-9-23-7-3-2-4-8-23;2-1-3/h10-13H,2-9H2,1H3,(H2,20,21,22,24);1H,(H,2,3). The molecule has 0 aromatic carbocycles. The monoisotopic (exact) mass is 389 g/mol. The Bertz CT molecular complexity index is 743. The minimum absolute atomic E-state index is 0.0102. The van der Waals surface area contributed by atoms with Crippen molar-refractivity contribution in [2.24, 2.45) is 0 Å². The van der Waals surface area contributed by atoms with Gasteiger partial charge in [-0.05, 0) is 45.0 Å². The maximum absolute atomic E-state index is 12.1. The molecule has 0 radical (unpaired) electrons. The number of carboxylic acid groups (broad SMARTS) is 1. The minimum atomic E-state index is -0.250. The van der Waals surface area contributed by atoms with Gasteiger partial charge in [0.15, 0.2) is 0 Å². The molecule has 0 atom stereocenters. The highest BCUT2D eigenvalue weighted by Gasteiger charge is 2.11. The molecule has 28 heavy (non-hydrogen) atoms. The summed E-state index contributed by atoms with van der Waals surface area (Å²) in [6.07, 6.45) is 8.65. The molecule has 1 aliphatic heterocycles. The van der Waals surface area contributed by atoms with E-state index >= 15 is 0 Å². The first-order valence-corrected chi connectivity index (χ1v) is 9.31. The van der Waals surface area contributed by atoms with Crippen LogP contribution < -0.4 is 10.1 Å². The quantitative estimate of drug-likeness (QED) is 0.622. The third-order valence-corrected chi connectivity index (χ3v) is 4.42. The predicted octanol–water partition coefficient (Wildman–Crippen LogP) is 2.39. The van der Waals surface area contributed by atoms with Gasteiger partial charge in [-0.3, -0.25) is 19.7 Å². The highest BCUT2D eigenvalue weighted by atomic mass is 16.5. The van der Waals surface area contributed by atoms with Gasteiger partial charge in [0.2, 0.25) is 5.91 Å². The van der Waals surface area contributed by atoms with E-state index in [0.717, 1.165) is 24.2 Å². The topological polar surface area (TPSA) is 120 Å². The second-order valence-electron chi connectivity index (χ2n) is 6.44. The molecule has 3 rings (SSSR count). The van der Waals surface area contributed by atoms with Crippen molar-refractivity contribution in [3.05, 3.63) is 24.5 Å². The summed E-state index contributed by atoms with van der Waals surface area (Å²) in [5.74, 6) is 1.28. The van der Waals surface area contributed by atoms with Crippen molar-refractivity contribution >= 4 is 18.2 Å². The molecule has 0 bridgehead atoms. The number of hydrogen-bond donors (Lipinski definition) is 3. The highest BCUT2D eigenvalue weighted by Crippen LogP contribution is 2.22. The summed E-state index contributed by atoms with van der Waals surface area (Å²) in [7, 11) is 1.60.